The Kier molecular flexibility index (Phi) is 9.05. The quantitative estimate of drug-likeness (QED) is 0.186. The summed E-state index contributed by atoms with van der Waals surface area (Å²) < 4.78 is 50.1. The Labute approximate surface area is 217 Å². The molecule has 0 atom stereocenters. The lowest BCUT2D eigenvalue weighted by Crippen LogP contribution is -1.98. The third-order valence-electron chi connectivity index (χ3n) is 6.63. The van der Waals surface area contributed by atoms with Gasteiger partial charge in [-0.2, -0.15) is 0 Å². The molecule has 4 aromatic rings. The molecule has 0 radical (unpaired) electrons. The molecular formula is C33H33F3O. The highest BCUT2D eigenvalue weighted by Crippen LogP contribution is 2.32. The molecule has 0 saturated carbocycles. The van der Waals surface area contributed by atoms with Crippen molar-refractivity contribution < 1.29 is 17.9 Å². The zero-order valence-corrected chi connectivity index (χ0v) is 21.5. The van der Waals surface area contributed by atoms with E-state index in [1.165, 1.54) is 11.6 Å². The van der Waals surface area contributed by atoms with Gasteiger partial charge >= 0.3 is 0 Å². The SMILES string of the molecule is CCCCCc1ccc(OCc2ccc(-c3ccc(-c4ccc(CCC)cc4)c(F)c3F)cc2)cc1F. The van der Waals surface area contributed by atoms with E-state index in [9.17, 15) is 8.78 Å². The van der Waals surface area contributed by atoms with Crippen LogP contribution in [0.25, 0.3) is 22.3 Å². The molecule has 0 aliphatic rings. The number of hydrogen-bond acceptors (Lipinski definition) is 1. The van der Waals surface area contributed by atoms with Gasteiger partial charge in [0.2, 0.25) is 0 Å². The smallest absolute Gasteiger partial charge is 0.167 e. The van der Waals surface area contributed by atoms with Gasteiger partial charge in [-0.25, -0.2) is 13.2 Å². The second kappa shape index (κ2) is 12.6. The largest absolute Gasteiger partial charge is 0.489 e. The average Bonchev–Trinajstić information content (AvgIpc) is 2.91. The highest BCUT2D eigenvalue weighted by Gasteiger charge is 2.16. The number of unbranched alkanes of at least 4 members (excludes halogenated alkanes) is 2. The lowest BCUT2D eigenvalue weighted by Gasteiger charge is -2.11. The van der Waals surface area contributed by atoms with Crippen LogP contribution >= 0.6 is 0 Å². The third-order valence-corrected chi connectivity index (χ3v) is 6.63. The minimum absolute atomic E-state index is 0.206. The number of rotatable bonds is 11. The van der Waals surface area contributed by atoms with E-state index in [4.69, 9.17) is 4.74 Å². The minimum Gasteiger partial charge on any atom is -0.489 e. The van der Waals surface area contributed by atoms with Crippen molar-refractivity contribution in [3.05, 3.63) is 113 Å². The van der Waals surface area contributed by atoms with E-state index >= 15 is 4.39 Å². The van der Waals surface area contributed by atoms with Gasteiger partial charge in [0, 0.05) is 17.2 Å². The third kappa shape index (κ3) is 6.62. The van der Waals surface area contributed by atoms with Crippen LogP contribution in [-0.4, -0.2) is 0 Å². The predicted molar refractivity (Wildman–Crippen MR) is 145 cm³/mol. The Morgan fingerprint density at radius 2 is 1.19 bits per heavy atom. The van der Waals surface area contributed by atoms with Gasteiger partial charge in [0.05, 0.1) is 0 Å². The van der Waals surface area contributed by atoms with E-state index in [1.807, 2.05) is 36.4 Å². The van der Waals surface area contributed by atoms with Crippen LogP contribution in [0.3, 0.4) is 0 Å². The van der Waals surface area contributed by atoms with Crippen LogP contribution in [0, 0.1) is 17.5 Å². The Hall–Kier alpha value is -3.53. The Morgan fingerprint density at radius 3 is 1.73 bits per heavy atom. The fourth-order valence-electron chi connectivity index (χ4n) is 4.47. The molecule has 0 bridgehead atoms. The highest BCUT2D eigenvalue weighted by atomic mass is 19.2. The van der Waals surface area contributed by atoms with Crippen LogP contribution in [0.1, 0.15) is 56.2 Å². The first-order chi connectivity index (χ1) is 18.0. The molecule has 0 aromatic heterocycles. The standard InChI is InChI=1S/C33H33F3O/c1-3-5-6-8-27-17-18-28(21-31(27)34)37-22-24-11-15-26(16-12-24)30-20-19-29(32(35)33(30)36)25-13-9-23(7-4-2)10-14-25/h9-21H,3-8,22H2,1-2H3. The molecule has 0 amide bonds. The highest BCUT2D eigenvalue weighted by molar-refractivity contribution is 5.72. The lowest BCUT2D eigenvalue weighted by atomic mass is 9.97. The van der Waals surface area contributed by atoms with Gasteiger partial charge in [0.15, 0.2) is 11.6 Å². The van der Waals surface area contributed by atoms with Crippen molar-refractivity contribution in [2.24, 2.45) is 0 Å². The molecule has 4 rings (SSSR count). The molecule has 4 aromatic carbocycles. The van der Waals surface area contributed by atoms with Gasteiger partial charge in [0.25, 0.3) is 0 Å². The van der Waals surface area contributed by atoms with Crippen LogP contribution in [0.2, 0.25) is 0 Å². The number of ether oxygens (including phenoxy) is 1. The number of hydrogen-bond donors (Lipinski definition) is 0. The summed E-state index contributed by atoms with van der Waals surface area (Å²) in [6.07, 6.45) is 5.87. The number of halogens is 3. The maximum Gasteiger partial charge on any atom is 0.167 e. The summed E-state index contributed by atoms with van der Waals surface area (Å²) in [5, 5.41) is 0. The van der Waals surface area contributed by atoms with Crippen molar-refractivity contribution in [3.8, 4) is 28.0 Å². The molecule has 0 fully saturated rings. The summed E-state index contributed by atoms with van der Waals surface area (Å²) in [6, 6.07) is 22.9. The van der Waals surface area contributed by atoms with E-state index < -0.39 is 11.6 Å². The summed E-state index contributed by atoms with van der Waals surface area (Å²) >= 11 is 0. The van der Waals surface area contributed by atoms with Crippen LogP contribution in [0.5, 0.6) is 5.75 Å². The van der Waals surface area contributed by atoms with E-state index in [2.05, 4.69) is 13.8 Å². The Bertz CT molecular complexity index is 1310. The summed E-state index contributed by atoms with van der Waals surface area (Å²) in [7, 11) is 0. The zero-order chi connectivity index (χ0) is 26.2. The van der Waals surface area contributed by atoms with Gasteiger partial charge in [-0.15, -0.1) is 0 Å². The number of aryl methyl sites for hydroxylation is 2. The molecule has 0 heterocycles. The fraction of sp³-hybridized carbons (Fsp3) is 0.273. The molecule has 0 aliphatic heterocycles. The number of benzene rings is 4. The summed E-state index contributed by atoms with van der Waals surface area (Å²) in [6.45, 7) is 4.48. The normalized spacial score (nSPS) is 11.1. The first kappa shape index (κ1) is 26.5. The van der Waals surface area contributed by atoms with Gasteiger partial charge in [0.1, 0.15) is 18.2 Å². The van der Waals surface area contributed by atoms with Gasteiger partial charge in [-0.3, -0.25) is 0 Å². The first-order valence-electron chi connectivity index (χ1n) is 13.1. The Balaban J connectivity index is 1.42. The molecule has 0 aliphatic carbocycles. The maximum absolute atomic E-state index is 15.0. The van der Waals surface area contributed by atoms with Crippen LogP contribution in [0.4, 0.5) is 13.2 Å². The van der Waals surface area contributed by atoms with E-state index in [-0.39, 0.29) is 23.6 Å². The molecule has 1 nitrogen and oxygen atoms in total. The topological polar surface area (TPSA) is 9.23 Å². The second-order valence-corrected chi connectivity index (χ2v) is 9.43. The van der Waals surface area contributed by atoms with Gasteiger partial charge in [-0.1, -0.05) is 99.8 Å². The predicted octanol–water partition coefficient (Wildman–Crippen LogP) is 9.70. The van der Waals surface area contributed by atoms with Crippen molar-refractivity contribution in [1.82, 2.24) is 0 Å². The summed E-state index contributed by atoms with van der Waals surface area (Å²) in [4.78, 5) is 0. The zero-order valence-electron chi connectivity index (χ0n) is 21.5. The summed E-state index contributed by atoms with van der Waals surface area (Å²) in [5.74, 6) is -1.50. The van der Waals surface area contributed by atoms with Gasteiger partial charge in [-0.05, 0) is 53.1 Å². The van der Waals surface area contributed by atoms with Crippen molar-refractivity contribution in [3.63, 3.8) is 0 Å². The molecule has 0 N–H and O–H groups in total. The summed E-state index contributed by atoms with van der Waals surface area (Å²) in [5.41, 5.74) is 4.42. The first-order valence-corrected chi connectivity index (χ1v) is 13.1. The van der Waals surface area contributed by atoms with E-state index in [1.54, 1.807) is 36.4 Å². The molecular weight excluding hydrogens is 469 g/mol. The van der Waals surface area contributed by atoms with Crippen LogP contribution < -0.4 is 4.74 Å². The Morgan fingerprint density at radius 1 is 0.595 bits per heavy atom. The molecule has 37 heavy (non-hydrogen) atoms. The molecule has 0 unspecified atom stereocenters. The van der Waals surface area contributed by atoms with E-state index in [0.29, 0.717) is 22.4 Å². The van der Waals surface area contributed by atoms with Crippen molar-refractivity contribution in [2.75, 3.05) is 0 Å². The molecule has 4 heteroatoms. The monoisotopic (exact) mass is 502 g/mol. The van der Waals surface area contributed by atoms with Crippen LogP contribution in [-0.2, 0) is 19.4 Å². The maximum atomic E-state index is 15.0. The molecule has 0 spiro atoms. The van der Waals surface area contributed by atoms with Crippen molar-refractivity contribution in [2.45, 2.75) is 59.0 Å². The van der Waals surface area contributed by atoms with Crippen LogP contribution in [0.15, 0.2) is 78.9 Å². The average molecular weight is 503 g/mol. The molecule has 192 valence electrons. The van der Waals surface area contributed by atoms with Crippen molar-refractivity contribution >= 4 is 0 Å². The van der Waals surface area contributed by atoms with Gasteiger partial charge < -0.3 is 4.74 Å². The second-order valence-electron chi connectivity index (χ2n) is 9.43. The fourth-order valence-corrected chi connectivity index (χ4v) is 4.47. The van der Waals surface area contributed by atoms with E-state index in [0.717, 1.165) is 44.1 Å². The lowest BCUT2D eigenvalue weighted by molar-refractivity contribution is 0.304. The molecule has 0 saturated heterocycles. The van der Waals surface area contributed by atoms with Crippen molar-refractivity contribution in [1.29, 1.82) is 0 Å². The minimum atomic E-state index is -0.867.